The average molecular weight is 318 g/mol. The molecule has 0 atom stereocenters. The molecule has 0 aromatic heterocycles. The summed E-state index contributed by atoms with van der Waals surface area (Å²) in [6.45, 7) is 0.476. The molecule has 0 bridgehead atoms. The second-order valence-corrected chi connectivity index (χ2v) is 5.47. The maximum Gasteiger partial charge on any atom is 0.122 e. The molecule has 106 valence electrons. The standard InChI is InChI=1S/C16H13Cl2N3/c1-19-15-9-20-16(11-4-2-3-5-13(11)18)12-8-10(17)6-7-14(12)21-15/h2-8H,9H2,1H3,(H,19,21). The summed E-state index contributed by atoms with van der Waals surface area (Å²) in [5.74, 6) is 0.806. The number of nitrogens with zero attached hydrogens (tertiary/aromatic N) is 2. The van der Waals surface area contributed by atoms with Crippen LogP contribution in [0.2, 0.25) is 10.0 Å². The van der Waals surface area contributed by atoms with Gasteiger partial charge in [0, 0.05) is 33.9 Å². The quantitative estimate of drug-likeness (QED) is 0.837. The Hall–Kier alpha value is -1.84. The van der Waals surface area contributed by atoms with Crippen molar-refractivity contribution in [1.29, 1.82) is 0 Å². The van der Waals surface area contributed by atoms with Crippen molar-refractivity contribution in [2.75, 3.05) is 18.9 Å². The number of hydrogen-bond donors (Lipinski definition) is 1. The molecule has 1 heterocycles. The highest BCUT2D eigenvalue weighted by molar-refractivity contribution is 6.36. The molecule has 0 spiro atoms. The number of amidine groups is 1. The summed E-state index contributed by atoms with van der Waals surface area (Å²) in [5.41, 5.74) is 3.57. The van der Waals surface area contributed by atoms with Gasteiger partial charge in [-0.05, 0) is 24.3 Å². The Morgan fingerprint density at radius 2 is 1.90 bits per heavy atom. The van der Waals surface area contributed by atoms with E-state index in [1.54, 1.807) is 7.05 Å². The Labute approximate surface area is 133 Å². The van der Waals surface area contributed by atoms with E-state index >= 15 is 0 Å². The van der Waals surface area contributed by atoms with Crippen LogP contribution in [0.4, 0.5) is 5.69 Å². The third kappa shape index (κ3) is 2.80. The molecule has 1 aliphatic heterocycles. The van der Waals surface area contributed by atoms with Crippen LogP contribution in [0, 0.1) is 0 Å². The predicted molar refractivity (Wildman–Crippen MR) is 90.4 cm³/mol. The zero-order chi connectivity index (χ0) is 14.8. The summed E-state index contributed by atoms with van der Waals surface area (Å²) in [5, 5.41) is 4.61. The summed E-state index contributed by atoms with van der Waals surface area (Å²) in [6, 6.07) is 13.3. The van der Waals surface area contributed by atoms with Crippen molar-refractivity contribution >= 4 is 40.4 Å². The minimum Gasteiger partial charge on any atom is -0.342 e. The number of nitrogens with one attached hydrogen (secondary N) is 1. The van der Waals surface area contributed by atoms with E-state index in [1.165, 1.54) is 0 Å². The van der Waals surface area contributed by atoms with Crippen LogP contribution in [0.15, 0.2) is 52.4 Å². The smallest absolute Gasteiger partial charge is 0.122 e. The molecule has 0 aliphatic carbocycles. The molecule has 0 amide bonds. The van der Waals surface area contributed by atoms with E-state index in [-0.39, 0.29) is 0 Å². The summed E-state index contributed by atoms with van der Waals surface area (Å²) in [4.78, 5) is 8.88. The van der Waals surface area contributed by atoms with Gasteiger partial charge in [0.25, 0.3) is 0 Å². The Bertz CT molecular complexity index is 751. The van der Waals surface area contributed by atoms with Gasteiger partial charge in [-0.1, -0.05) is 41.4 Å². The van der Waals surface area contributed by atoms with E-state index < -0.39 is 0 Å². The van der Waals surface area contributed by atoms with E-state index in [2.05, 4.69) is 15.3 Å². The highest BCUT2D eigenvalue weighted by Crippen LogP contribution is 2.28. The van der Waals surface area contributed by atoms with Gasteiger partial charge in [0.15, 0.2) is 0 Å². The lowest BCUT2D eigenvalue weighted by atomic mass is 10.0. The van der Waals surface area contributed by atoms with Gasteiger partial charge in [0.05, 0.1) is 12.3 Å². The monoisotopic (exact) mass is 317 g/mol. The fourth-order valence-electron chi connectivity index (χ4n) is 2.27. The number of aliphatic imine (C=N–C) groups is 2. The van der Waals surface area contributed by atoms with Crippen LogP contribution in [0.3, 0.4) is 0 Å². The Balaban J connectivity index is 2.23. The summed E-state index contributed by atoms with van der Waals surface area (Å²) in [7, 11) is 1.74. The second kappa shape index (κ2) is 5.88. The molecular formula is C16H13Cl2N3. The topological polar surface area (TPSA) is 36.8 Å². The molecule has 0 unspecified atom stereocenters. The van der Waals surface area contributed by atoms with Crippen LogP contribution in [0.1, 0.15) is 11.1 Å². The van der Waals surface area contributed by atoms with E-state index in [4.69, 9.17) is 23.2 Å². The molecule has 1 N–H and O–H groups in total. The number of halogens is 2. The van der Waals surface area contributed by atoms with Crippen LogP contribution >= 0.6 is 23.2 Å². The molecule has 0 fully saturated rings. The second-order valence-electron chi connectivity index (χ2n) is 4.63. The summed E-state index contributed by atoms with van der Waals surface area (Å²) < 4.78 is 0. The van der Waals surface area contributed by atoms with Gasteiger partial charge >= 0.3 is 0 Å². The molecule has 5 heteroatoms. The van der Waals surface area contributed by atoms with Crippen molar-refractivity contribution in [1.82, 2.24) is 0 Å². The predicted octanol–water partition coefficient (Wildman–Crippen LogP) is 4.28. The third-order valence-corrected chi connectivity index (χ3v) is 3.87. The van der Waals surface area contributed by atoms with Crippen molar-refractivity contribution < 1.29 is 0 Å². The number of benzodiazepines with no additional fused rings is 1. The average Bonchev–Trinajstić information content (AvgIpc) is 2.67. The number of fused-ring (bicyclic) bond motifs is 1. The van der Waals surface area contributed by atoms with E-state index in [1.807, 2.05) is 42.5 Å². The first-order valence-corrected chi connectivity index (χ1v) is 7.26. The molecule has 3 nitrogen and oxygen atoms in total. The van der Waals surface area contributed by atoms with Crippen molar-refractivity contribution in [3.8, 4) is 0 Å². The van der Waals surface area contributed by atoms with Gasteiger partial charge in [-0.2, -0.15) is 0 Å². The van der Waals surface area contributed by atoms with E-state index in [0.29, 0.717) is 16.6 Å². The fraction of sp³-hybridized carbons (Fsp3) is 0.125. The molecule has 2 aromatic rings. The Kier molecular flexibility index (Phi) is 3.95. The highest BCUT2D eigenvalue weighted by Gasteiger charge is 2.18. The van der Waals surface area contributed by atoms with Crippen molar-refractivity contribution in [2.24, 2.45) is 9.98 Å². The minimum atomic E-state index is 0.476. The summed E-state index contributed by atoms with van der Waals surface area (Å²) in [6.07, 6.45) is 0. The van der Waals surface area contributed by atoms with Crippen LogP contribution in [-0.2, 0) is 0 Å². The van der Waals surface area contributed by atoms with Gasteiger partial charge in [-0.3, -0.25) is 9.98 Å². The minimum absolute atomic E-state index is 0.476. The zero-order valence-corrected chi connectivity index (χ0v) is 12.9. The molecule has 3 rings (SSSR count). The SMILES string of the molecule is CN=C1CN=C(c2ccccc2Cl)c2cc(Cl)ccc2N1. The molecular weight excluding hydrogens is 305 g/mol. The largest absolute Gasteiger partial charge is 0.342 e. The molecule has 0 saturated heterocycles. The van der Waals surface area contributed by atoms with Crippen molar-refractivity contribution in [3.63, 3.8) is 0 Å². The number of anilines is 1. The lowest BCUT2D eigenvalue weighted by molar-refractivity contribution is 1.26. The molecule has 2 aromatic carbocycles. The number of benzene rings is 2. The van der Waals surface area contributed by atoms with Gasteiger partial charge in [0.2, 0.25) is 0 Å². The van der Waals surface area contributed by atoms with Crippen molar-refractivity contribution in [2.45, 2.75) is 0 Å². The van der Waals surface area contributed by atoms with Crippen LogP contribution in [0.5, 0.6) is 0 Å². The Morgan fingerprint density at radius 3 is 2.67 bits per heavy atom. The fourth-order valence-corrected chi connectivity index (χ4v) is 2.66. The molecule has 0 saturated carbocycles. The number of hydrogen-bond acceptors (Lipinski definition) is 2. The zero-order valence-electron chi connectivity index (χ0n) is 11.4. The lowest BCUT2D eigenvalue weighted by Crippen LogP contribution is -2.14. The number of rotatable bonds is 1. The molecule has 1 aliphatic rings. The van der Waals surface area contributed by atoms with Gasteiger partial charge in [-0.15, -0.1) is 0 Å². The van der Waals surface area contributed by atoms with Crippen molar-refractivity contribution in [3.05, 3.63) is 63.6 Å². The van der Waals surface area contributed by atoms with Crippen LogP contribution in [-0.4, -0.2) is 25.1 Å². The first-order chi connectivity index (χ1) is 10.2. The first kappa shape index (κ1) is 14.1. The van der Waals surface area contributed by atoms with Crippen LogP contribution < -0.4 is 5.32 Å². The van der Waals surface area contributed by atoms with E-state index in [0.717, 1.165) is 28.4 Å². The van der Waals surface area contributed by atoms with Gasteiger partial charge in [0.1, 0.15) is 5.84 Å². The summed E-state index contributed by atoms with van der Waals surface area (Å²) >= 11 is 12.5. The Morgan fingerprint density at radius 1 is 1.10 bits per heavy atom. The highest BCUT2D eigenvalue weighted by atomic mass is 35.5. The lowest BCUT2D eigenvalue weighted by Gasteiger charge is -2.12. The first-order valence-electron chi connectivity index (χ1n) is 6.51. The molecule has 0 radical (unpaired) electrons. The van der Waals surface area contributed by atoms with E-state index in [9.17, 15) is 0 Å². The maximum absolute atomic E-state index is 6.32. The molecule has 21 heavy (non-hydrogen) atoms. The van der Waals surface area contributed by atoms with Gasteiger partial charge < -0.3 is 5.32 Å². The maximum atomic E-state index is 6.32. The normalized spacial score (nSPS) is 16.0. The van der Waals surface area contributed by atoms with Crippen LogP contribution in [0.25, 0.3) is 0 Å². The third-order valence-electron chi connectivity index (χ3n) is 3.30. The van der Waals surface area contributed by atoms with Gasteiger partial charge in [-0.25, -0.2) is 0 Å².